The molecule has 0 spiro atoms. The van der Waals surface area contributed by atoms with Crippen LogP contribution in [0.25, 0.3) is 11.5 Å². The lowest BCUT2D eigenvalue weighted by Gasteiger charge is -2.09. The maximum Gasteiger partial charge on any atom is 0.338 e. The fraction of sp³-hybridized carbons (Fsp3) is 0.167. The number of rotatable bonds is 6. The van der Waals surface area contributed by atoms with Gasteiger partial charge in [0.2, 0.25) is 5.78 Å². The number of nitrogens with zero attached hydrogens (tertiary/aromatic N) is 4. The highest BCUT2D eigenvalue weighted by atomic mass is 16.5. The fourth-order valence-electron chi connectivity index (χ4n) is 3.55. The van der Waals surface area contributed by atoms with Crippen molar-refractivity contribution in [3.8, 4) is 11.5 Å². The highest BCUT2D eigenvalue weighted by Crippen LogP contribution is 2.20. The maximum atomic E-state index is 12.7. The summed E-state index contributed by atoms with van der Waals surface area (Å²) >= 11 is 0. The van der Waals surface area contributed by atoms with Crippen LogP contribution in [0.1, 0.15) is 37.8 Å². The molecule has 0 saturated heterocycles. The number of ketones is 1. The monoisotopic (exact) mass is 414 g/mol. The molecule has 0 unspecified atom stereocenters. The Hall–Kier alpha value is -4.00. The van der Waals surface area contributed by atoms with Crippen LogP contribution >= 0.6 is 0 Å². The van der Waals surface area contributed by atoms with E-state index >= 15 is 0 Å². The van der Waals surface area contributed by atoms with Crippen LogP contribution in [0.15, 0.2) is 67.0 Å². The molecule has 3 aromatic heterocycles. The highest BCUT2D eigenvalue weighted by Gasteiger charge is 2.19. The van der Waals surface area contributed by atoms with Gasteiger partial charge >= 0.3 is 5.97 Å². The van der Waals surface area contributed by atoms with Crippen molar-refractivity contribution < 1.29 is 14.3 Å². The predicted molar refractivity (Wildman–Crippen MR) is 116 cm³/mol. The van der Waals surface area contributed by atoms with Crippen LogP contribution in [-0.4, -0.2) is 37.7 Å². The standard InChI is InChI=1S/C24H22N4O3/c1-16-11-13-26-28(16)20-9-7-19(8-10-20)24(30)31-15-22(29)21-14-17(2)27(18(21)3)23-6-4-5-12-25-23/h4-14H,15H2,1-3H3. The summed E-state index contributed by atoms with van der Waals surface area (Å²) in [6.45, 7) is 5.39. The van der Waals surface area contributed by atoms with E-state index in [9.17, 15) is 9.59 Å². The Morgan fingerprint density at radius 2 is 1.71 bits per heavy atom. The molecule has 0 aliphatic carbocycles. The Morgan fingerprint density at radius 3 is 2.35 bits per heavy atom. The first-order valence-corrected chi connectivity index (χ1v) is 9.87. The largest absolute Gasteiger partial charge is 0.454 e. The third-order valence-electron chi connectivity index (χ3n) is 5.12. The summed E-state index contributed by atoms with van der Waals surface area (Å²) in [5, 5.41) is 4.24. The van der Waals surface area contributed by atoms with E-state index in [0.29, 0.717) is 11.1 Å². The molecule has 0 N–H and O–H groups in total. The van der Waals surface area contributed by atoms with Gasteiger partial charge < -0.3 is 9.30 Å². The molecule has 0 saturated carbocycles. The molecule has 4 aromatic rings. The van der Waals surface area contributed by atoms with E-state index in [1.54, 1.807) is 47.4 Å². The molecule has 3 heterocycles. The smallest absolute Gasteiger partial charge is 0.338 e. The number of hydrogen-bond donors (Lipinski definition) is 0. The van der Waals surface area contributed by atoms with E-state index in [2.05, 4.69) is 10.1 Å². The Balaban J connectivity index is 1.44. The van der Waals surface area contributed by atoms with Gasteiger partial charge in [0, 0.05) is 35.0 Å². The molecule has 0 aliphatic heterocycles. The van der Waals surface area contributed by atoms with Crippen LogP contribution in [0.2, 0.25) is 0 Å². The number of hydrogen-bond acceptors (Lipinski definition) is 5. The molecule has 0 atom stereocenters. The number of ether oxygens (including phenoxy) is 1. The molecule has 0 aliphatic rings. The number of aryl methyl sites for hydroxylation is 2. The Morgan fingerprint density at radius 1 is 0.935 bits per heavy atom. The first-order chi connectivity index (χ1) is 15.0. The molecule has 0 fully saturated rings. The van der Waals surface area contributed by atoms with Gasteiger partial charge in [0.05, 0.1) is 11.3 Å². The van der Waals surface area contributed by atoms with Gasteiger partial charge in [0.25, 0.3) is 0 Å². The van der Waals surface area contributed by atoms with E-state index in [4.69, 9.17) is 4.74 Å². The Kier molecular flexibility index (Phi) is 5.49. The maximum absolute atomic E-state index is 12.7. The summed E-state index contributed by atoms with van der Waals surface area (Å²) in [5.41, 5.74) is 4.37. The minimum atomic E-state index is -0.546. The van der Waals surface area contributed by atoms with Gasteiger partial charge in [-0.1, -0.05) is 6.07 Å². The zero-order valence-electron chi connectivity index (χ0n) is 17.6. The predicted octanol–water partition coefficient (Wildman–Crippen LogP) is 4.02. The van der Waals surface area contributed by atoms with Gasteiger partial charge in [-0.25, -0.2) is 14.5 Å². The van der Waals surface area contributed by atoms with Crippen molar-refractivity contribution in [2.24, 2.45) is 0 Å². The van der Waals surface area contributed by atoms with Crippen LogP contribution in [0.5, 0.6) is 0 Å². The molecule has 156 valence electrons. The van der Waals surface area contributed by atoms with Crippen LogP contribution in [-0.2, 0) is 4.74 Å². The second-order valence-corrected chi connectivity index (χ2v) is 7.24. The summed E-state index contributed by atoms with van der Waals surface area (Å²) in [6.07, 6.45) is 3.42. The van der Waals surface area contributed by atoms with Crippen LogP contribution in [0.4, 0.5) is 0 Å². The van der Waals surface area contributed by atoms with Crippen molar-refractivity contribution in [1.82, 2.24) is 19.3 Å². The topological polar surface area (TPSA) is 79.0 Å². The van der Waals surface area contributed by atoms with E-state index < -0.39 is 5.97 Å². The molecule has 0 radical (unpaired) electrons. The van der Waals surface area contributed by atoms with Crippen LogP contribution in [0, 0.1) is 20.8 Å². The lowest BCUT2D eigenvalue weighted by molar-refractivity contribution is 0.0474. The first-order valence-electron chi connectivity index (χ1n) is 9.87. The Labute approximate surface area is 179 Å². The van der Waals surface area contributed by atoms with Crippen molar-refractivity contribution in [3.05, 3.63) is 95.2 Å². The van der Waals surface area contributed by atoms with Crippen molar-refractivity contribution in [2.45, 2.75) is 20.8 Å². The minimum absolute atomic E-state index is 0.257. The summed E-state index contributed by atoms with van der Waals surface area (Å²) in [7, 11) is 0. The number of Topliss-reactive ketones (excluding diaryl/α,β-unsaturated/α-hetero) is 1. The third kappa shape index (κ3) is 4.02. The van der Waals surface area contributed by atoms with Crippen molar-refractivity contribution in [2.75, 3.05) is 6.61 Å². The Bertz CT molecular complexity index is 1240. The first kappa shape index (κ1) is 20.3. The van der Waals surface area contributed by atoms with Gasteiger partial charge in [0.1, 0.15) is 5.82 Å². The average molecular weight is 414 g/mol. The van der Waals surface area contributed by atoms with Gasteiger partial charge in [-0.3, -0.25) is 4.79 Å². The summed E-state index contributed by atoms with van der Waals surface area (Å²) in [6, 6.07) is 16.2. The highest BCUT2D eigenvalue weighted by molar-refractivity contribution is 6.00. The second-order valence-electron chi connectivity index (χ2n) is 7.24. The van der Waals surface area contributed by atoms with E-state index in [0.717, 1.165) is 28.6 Å². The van der Waals surface area contributed by atoms with Crippen molar-refractivity contribution in [3.63, 3.8) is 0 Å². The molecule has 7 nitrogen and oxygen atoms in total. The van der Waals surface area contributed by atoms with Crippen molar-refractivity contribution >= 4 is 11.8 Å². The zero-order chi connectivity index (χ0) is 22.0. The van der Waals surface area contributed by atoms with Gasteiger partial charge in [-0.2, -0.15) is 5.10 Å². The zero-order valence-corrected chi connectivity index (χ0v) is 17.6. The van der Waals surface area contributed by atoms with Crippen LogP contribution < -0.4 is 0 Å². The number of aromatic nitrogens is 4. The van der Waals surface area contributed by atoms with Gasteiger partial charge in [-0.05, 0) is 69.3 Å². The SMILES string of the molecule is Cc1ccnn1-c1ccc(C(=O)OCC(=O)c2cc(C)n(-c3ccccn3)c2C)cc1. The number of benzene rings is 1. The normalized spacial score (nSPS) is 10.8. The van der Waals surface area contributed by atoms with E-state index in [1.807, 2.05) is 49.6 Å². The molecule has 31 heavy (non-hydrogen) atoms. The molecular formula is C24H22N4O3. The fourth-order valence-corrected chi connectivity index (χ4v) is 3.55. The van der Waals surface area contributed by atoms with Gasteiger partial charge in [0.15, 0.2) is 6.61 Å². The minimum Gasteiger partial charge on any atom is -0.454 e. The number of carbonyl (C=O) groups is 2. The molecule has 0 bridgehead atoms. The number of esters is 1. The third-order valence-corrected chi connectivity index (χ3v) is 5.12. The van der Waals surface area contributed by atoms with Crippen LogP contribution in [0.3, 0.4) is 0 Å². The summed E-state index contributed by atoms with van der Waals surface area (Å²) in [4.78, 5) is 29.5. The molecular weight excluding hydrogens is 392 g/mol. The molecule has 7 heteroatoms. The lowest BCUT2D eigenvalue weighted by Crippen LogP contribution is -2.15. The second kappa shape index (κ2) is 8.39. The average Bonchev–Trinajstić information content (AvgIpc) is 3.34. The van der Waals surface area contributed by atoms with E-state index in [1.165, 1.54) is 0 Å². The van der Waals surface area contributed by atoms with E-state index in [-0.39, 0.29) is 12.4 Å². The summed E-state index contributed by atoms with van der Waals surface area (Å²) in [5.74, 6) is -0.0657. The molecule has 0 amide bonds. The number of pyridine rings is 1. The number of carbonyl (C=O) groups excluding carboxylic acids is 2. The molecule has 4 rings (SSSR count). The lowest BCUT2D eigenvalue weighted by atomic mass is 10.1. The van der Waals surface area contributed by atoms with Crippen molar-refractivity contribution in [1.29, 1.82) is 0 Å². The van der Waals surface area contributed by atoms with Gasteiger partial charge in [-0.15, -0.1) is 0 Å². The molecule has 1 aromatic carbocycles. The quantitative estimate of drug-likeness (QED) is 0.352. The summed E-state index contributed by atoms with van der Waals surface area (Å²) < 4.78 is 8.95.